The van der Waals surface area contributed by atoms with Gasteiger partial charge in [0, 0.05) is 63.8 Å². The van der Waals surface area contributed by atoms with Crippen LogP contribution in [0, 0.1) is 0 Å². The van der Waals surface area contributed by atoms with Gasteiger partial charge in [-0.15, -0.1) is 0 Å². The lowest BCUT2D eigenvalue weighted by atomic mass is 9.97. The molecule has 0 aromatic rings. The van der Waals surface area contributed by atoms with Crippen molar-refractivity contribution >= 4 is 6.03 Å². The van der Waals surface area contributed by atoms with Crippen molar-refractivity contribution in [1.82, 2.24) is 41.6 Å². The first-order chi connectivity index (χ1) is 16.6. The highest BCUT2D eigenvalue weighted by atomic mass is 16.2. The Morgan fingerprint density at radius 2 is 1.88 bits per heavy atom. The van der Waals surface area contributed by atoms with Crippen LogP contribution < -0.4 is 32.5 Å². The number of nitrogens with zero attached hydrogens (tertiary/aromatic N) is 3. The highest BCUT2D eigenvalue weighted by Crippen LogP contribution is 2.23. The zero-order valence-corrected chi connectivity index (χ0v) is 20.0. The third-order valence-electron chi connectivity index (χ3n) is 7.34. The second-order valence-corrected chi connectivity index (χ2v) is 9.86. The minimum Gasteiger partial charge on any atom is -0.382 e. The molecule has 34 heavy (non-hydrogen) atoms. The Morgan fingerprint density at radius 1 is 1.06 bits per heavy atom. The molecule has 186 valence electrons. The van der Waals surface area contributed by atoms with Crippen molar-refractivity contribution in [3.63, 3.8) is 0 Å². The van der Waals surface area contributed by atoms with E-state index in [-0.39, 0.29) is 12.1 Å². The summed E-state index contributed by atoms with van der Waals surface area (Å²) in [4.78, 5) is 14.8. The predicted octanol–water partition coefficient (Wildman–Crippen LogP) is 0.0404. The van der Waals surface area contributed by atoms with E-state index in [1.807, 2.05) is 11.1 Å². The van der Waals surface area contributed by atoms with Gasteiger partial charge in [0.25, 0.3) is 0 Å². The topological polar surface area (TPSA) is 113 Å². The predicted molar refractivity (Wildman–Crippen MR) is 133 cm³/mol. The molecule has 0 aromatic carbocycles. The Labute approximate surface area is 202 Å². The van der Waals surface area contributed by atoms with Crippen LogP contribution in [-0.2, 0) is 0 Å². The molecule has 0 radical (unpaired) electrons. The largest absolute Gasteiger partial charge is 0.382 e. The number of piperazine rings is 1. The Balaban J connectivity index is 1.10. The van der Waals surface area contributed by atoms with Gasteiger partial charge in [-0.05, 0) is 49.1 Å². The zero-order chi connectivity index (χ0) is 23.3. The third kappa shape index (κ3) is 5.93. The van der Waals surface area contributed by atoms with Crippen LogP contribution in [0.25, 0.3) is 0 Å². The number of hydrogen-bond donors (Lipinski definition) is 6. The summed E-state index contributed by atoms with van der Waals surface area (Å²) in [6.07, 6.45) is 14.2. The maximum Gasteiger partial charge on any atom is 0.320 e. The summed E-state index contributed by atoms with van der Waals surface area (Å²) in [5.74, 6) is 6.58. The van der Waals surface area contributed by atoms with Crippen LogP contribution in [0.1, 0.15) is 32.1 Å². The SMILES string of the molecule is NN1CCN(CCCN2C=C(C3=CC4NC(NC(=O)NC5CCCC5)=CC=C4NC3)CN2)CC1. The van der Waals surface area contributed by atoms with Gasteiger partial charge in [0.05, 0.1) is 6.04 Å². The first kappa shape index (κ1) is 23.2. The van der Waals surface area contributed by atoms with E-state index in [1.165, 1.54) is 24.0 Å². The second kappa shape index (κ2) is 10.8. The minimum atomic E-state index is -0.126. The summed E-state index contributed by atoms with van der Waals surface area (Å²) in [7, 11) is 0. The molecule has 2 fully saturated rings. The van der Waals surface area contributed by atoms with Crippen molar-refractivity contribution in [3.8, 4) is 0 Å². The van der Waals surface area contributed by atoms with Crippen molar-refractivity contribution in [3.05, 3.63) is 47.1 Å². The number of dihydropyridines is 1. The maximum absolute atomic E-state index is 12.4. The second-order valence-electron chi connectivity index (χ2n) is 9.86. The Bertz CT molecular complexity index is 866. The van der Waals surface area contributed by atoms with Crippen molar-refractivity contribution < 1.29 is 4.79 Å². The molecule has 5 aliphatic rings. The van der Waals surface area contributed by atoms with E-state index in [2.05, 4.69) is 55.0 Å². The average molecular weight is 470 g/mol. The molecule has 1 atom stereocenters. The molecule has 0 aromatic heterocycles. The van der Waals surface area contributed by atoms with Gasteiger partial charge in [-0.25, -0.2) is 15.2 Å². The Hall–Kier alpha value is -2.53. The quantitative estimate of drug-likeness (QED) is 0.290. The maximum atomic E-state index is 12.4. The number of carbonyl (C=O) groups is 1. The van der Waals surface area contributed by atoms with Crippen LogP contribution in [0.2, 0.25) is 0 Å². The van der Waals surface area contributed by atoms with Gasteiger partial charge in [-0.2, -0.15) is 0 Å². The standard InChI is InChI=1S/C24H39N9O/c25-32-12-10-31(11-13-32)8-3-9-33-17-19(16-27-33)18-14-22-21(26-15-18)6-7-23(29-22)30-24(34)28-20-4-1-2-5-20/h6-7,14,17,20,22,26-27,29H,1-5,8-13,15-16,25H2,(H2,28,30,34). The number of rotatable bonds is 7. The van der Waals surface area contributed by atoms with Crippen LogP contribution in [0.4, 0.5) is 4.79 Å². The smallest absolute Gasteiger partial charge is 0.320 e. The molecule has 10 heteroatoms. The van der Waals surface area contributed by atoms with Crippen LogP contribution >= 0.6 is 0 Å². The first-order valence-electron chi connectivity index (χ1n) is 12.8. The average Bonchev–Trinajstić information content (AvgIpc) is 3.52. The molecular formula is C24H39N9O. The zero-order valence-electron chi connectivity index (χ0n) is 20.0. The van der Waals surface area contributed by atoms with Gasteiger partial charge in [0.2, 0.25) is 0 Å². The molecule has 1 saturated heterocycles. The molecule has 4 aliphatic heterocycles. The highest BCUT2D eigenvalue weighted by Gasteiger charge is 2.26. The number of hydrogen-bond acceptors (Lipinski definition) is 8. The fourth-order valence-electron chi connectivity index (χ4n) is 5.30. The summed E-state index contributed by atoms with van der Waals surface area (Å²) in [5, 5.41) is 17.2. The number of urea groups is 1. The van der Waals surface area contributed by atoms with Crippen molar-refractivity contribution in [2.45, 2.75) is 44.2 Å². The fourth-order valence-corrected chi connectivity index (χ4v) is 5.30. The highest BCUT2D eigenvalue weighted by molar-refractivity contribution is 5.76. The monoisotopic (exact) mass is 469 g/mol. The van der Waals surface area contributed by atoms with Gasteiger partial charge in [0.15, 0.2) is 0 Å². The molecule has 7 N–H and O–H groups in total. The molecule has 1 saturated carbocycles. The van der Waals surface area contributed by atoms with Gasteiger partial charge in [-0.1, -0.05) is 18.9 Å². The van der Waals surface area contributed by atoms with E-state index in [0.717, 1.165) is 83.1 Å². The molecule has 4 heterocycles. The number of amides is 2. The number of carbonyl (C=O) groups excluding carboxylic acids is 1. The molecular weight excluding hydrogens is 430 g/mol. The molecule has 2 amide bonds. The van der Waals surface area contributed by atoms with Gasteiger partial charge in [-0.3, -0.25) is 11.2 Å². The van der Waals surface area contributed by atoms with Gasteiger partial charge < -0.3 is 25.9 Å². The minimum absolute atomic E-state index is 0.0340. The lowest BCUT2D eigenvalue weighted by Gasteiger charge is -2.32. The Morgan fingerprint density at radius 3 is 2.71 bits per heavy atom. The number of hydrazine groups is 2. The van der Waals surface area contributed by atoms with E-state index < -0.39 is 0 Å². The van der Waals surface area contributed by atoms with Crippen molar-refractivity contribution in [1.29, 1.82) is 0 Å². The van der Waals surface area contributed by atoms with Gasteiger partial charge >= 0.3 is 6.03 Å². The lowest BCUT2D eigenvalue weighted by molar-refractivity contribution is 0.128. The molecule has 0 bridgehead atoms. The number of nitrogens with one attached hydrogen (secondary N) is 5. The third-order valence-corrected chi connectivity index (χ3v) is 7.34. The fraction of sp³-hybridized carbons (Fsp3) is 0.625. The van der Waals surface area contributed by atoms with E-state index >= 15 is 0 Å². The molecule has 1 aliphatic carbocycles. The number of allylic oxidation sites excluding steroid dienone is 2. The van der Waals surface area contributed by atoms with Crippen LogP contribution in [0.3, 0.4) is 0 Å². The van der Waals surface area contributed by atoms with Crippen LogP contribution in [-0.4, -0.2) is 85.4 Å². The molecule has 10 nitrogen and oxygen atoms in total. The van der Waals surface area contributed by atoms with E-state index in [1.54, 1.807) is 0 Å². The summed E-state index contributed by atoms with van der Waals surface area (Å²) in [6, 6.07) is 0.212. The summed E-state index contributed by atoms with van der Waals surface area (Å²) in [5.41, 5.74) is 7.24. The van der Waals surface area contributed by atoms with Crippen LogP contribution in [0.15, 0.2) is 47.1 Å². The van der Waals surface area contributed by atoms with Crippen molar-refractivity contribution in [2.75, 3.05) is 52.4 Å². The first-order valence-corrected chi connectivity index (χ1v) is 12.8. The summed E-state index contributed by atoms with van der Waals surface area (Å²) >= 11 is 0. The van der Waals surface area contributed by atoms with E-state index in [9.17, 15) is 4.79 Å². The normalized spacial score (nSPS) is 26.0. The van der Waals surface area contributed by atoms with Crippen LogP contribution in [0.5, 0.6) is 0 Å². The Kier molecular flexibility index (Phi) is 7.39. The van der Waals surface area contributed by atoms with Gasteiger partial charge in [0.1, 0.15) is 5.82 Å². The summed E-state index contributed by atoms with van der Waals surface area (Å²) < 4.78 is 0. The molecule has 5 rings (SSSR count). The lowest BCUT2D eigenvalue weighted by Crippen LogP contribution is -2.49. The molecule has 0 spiro atoms. The van der Waals surface area contributed by atoms with E-state index in [0.29, 0.717) is 6.04 Å². The van der Waals surface area contributed by atoms with E-state index in [4.69, 9.17) is 5.84 Å². The molecule has 1 unspecified atom stereocenters. The number of fused-ring (bicyclic) bond motifs is 1. The summed E-state index contributed by atoms with van der Waals surface area (Å²) in [6.45, 7) is 7.78. The number of nitrogens with two attached hydrogens (primary N) is 1. The van der Waals surface area contributed by atoms with Crippen molar-refractivity contribution in [2.24, 2.45) is 5.84 Å².